The van der Waals surface area contributed by atoms with Gasteiger partial charge in [0.15, 0.2) is 0 Å². The highest BCUT2D eigenvalue weighted by atomic mass is 127. The predicted octanol–water partition coefficient (Wildman–Crippen LogP) is 1.61. The second-order valence-electron chi connectivity index (χ2n) is 5.61. The van der Waals surface area contributed by atoms with Gasteiger partial charge in [-0.3, -0.25) is 9.59 Å². The van der Waals surface area contributed by atoms with Crippen LogP contribution in [-0.2, 0) is 28.5 Å². The topological polar surface area (TPSA) is 83.1 Å². The van der Waals surface area contributed by atoms with E-state index < -0.39 is 0 Å². The van der Waals surface area contributed by atoms with E-state index >= 15 is 0 Å². The molecule has 0 aliphatic heterocycles. The van der Waals surface area contributed by atoms with Gasteiger partial charge < -0.3 is 24.3 Å². The van der Waals surface area contributed by atoms with Gasteiger partial charge in [-0.25, -0.2) is 0 Å². The molecule has 148 valence electrons. The van der Waals surface area contributed by atoms with Crippen LogP contribution in [0.15, 0.2) is 0 Å². The van der Waals surface area contributed by atoms with Crippen molar-refractivity contribution in [3.05, 3.63) is 0 Å². The van der Waals surface area contributed by atoms with Gasteiger partial charge in [0.1, 0.15) is 5.78 Å². The predicted molar refractivity (Wildman–Crippen MR) is 104 cm³/mol. The number of hydrogen-bond acceptors (Lipinski definition) is 6. The molecule has 0 heterocycles. The fourth-order valence-corrected chi connectivity index (χ4v) is 2.15. The number of ketones is 1. The lowest BCUT2D eigenvalue weighted by atomic mass is 10.1. The molecule has 0 fully saturated rings. The van der Waals surface area contributed by atoms with Crippen molar-refractivity contribution in [2.24, 2.45) is 5.92 Å². The van der Waals surface area contributed by atoms with Crippen molar-refractivity contribution in [2.45, 2.75) is 26.7 Å². The fraction of sp³-hybridized carbons (Fsp3) is 0.882. The molecular weight excluding hydrogens is 441 g/mol. The average molecular weight is 473 g/mol. The Hall–Kier alpha value is -0.290. The summed E-state index contributed by atoms with van der Waals surface area (Å²) in [5, 5.41) is 2.77. The average Bonchev–Trinajstić information content (AvgIpc) is 2.58. The van der Waals surface area contributed by atoms with Crippen molar-refractivity contribution in [3.8, 4) is 0 Å². The van der Waals surface area contributed by atoms with Gasteiger partial charge >= 0.3 is 0 Å². The number of carbonyl (C=O) groups excluding carboxylic acids is 2. The third-order valence-corrected chi connectivity index (χ3v) is 3.68. The van der Waals surface area contributed by atoms with E-state index in [2.05, 4.69) is 27.9 Å². The summed E-state index contributed by atoms with van der Waals surface area (Å²) in [6, 6.07) is 0. The van der Waals surface area contributed by atoms with Crippen molar-refractivity contribution < 1.29 is 28.5 Å². The van der Waals surface area contributed by atoms with Gasteiger partial charge in [0.25, 0.3) is 0 Å². The lowest BCUT2D eigenvalue weighted by Crippen LogP contribution is -2.27. The number of Topliss-reactive ketones (excluding diaryl/α,β-unsaturated/α-hetero) is 1. The molecular formula is C17H32INO6. The maximum absolute atomic E-state index is 11.4. The Bertz CT molecular complexity index is 341. The minimum atomic E-state index is 0.0573. The lowest BCUT2D eigenvalue weighted by Gasteiger charge is -2.08. The van der Waals surface area contributed by atoms with E-state index in [-0.39, 0.29) is 17.6 Å². The van der Waals surface area contributed by atoms with Gasteiger partial charge in [0, 0.05) is 29.7 Å². The maximum Gasteiger partial charge on any atom is 0.220 e. The summed E-state index contributed by atoms with van der Waals surface area (Å²) in [5.41, 5.74) is 0. The normalized spacial score (nSPS) is 11.0. The van der Waals surface area contributed by atoms with Gasteiger partial charge in [-0.2, -0.15) is 0 Å². The molecule has 0 atom stereocenters. The molecule has 7 nitrogen and oxygen atoms in total. The number of rotatable bonds is 18. The molecule has 25 heavy (non-hydrogen) atoms. The Balaban J connectivity index is 3.12. The molecule has 0 unspecified atom stereocenters. The quantitative estimate of drug-likeness (QED) is 0.185. The standard InChI is InChI=1S/C17H32INO6/c1-15(2)16(20)4-7-22-9-11-24-13-14-25-12-10-23-8-6-19-17(21)3-5-18/h15H,3-14H2,1-2H3,(H,19,21). The smallest absolute Gasteiger partial charge is 0.220 e. The number of hydrogen-bond donors (Lipinski definition) is 1. The maximum atomic E-state index is 11.4. The fourth-order valence-electron chi connectivity index (χ4n) is 1.66. The monoisotopic (exact) mass is 473 g/mol. The molecule has 1 N–H and O–H groups in total. The highest BCUT2D eigenvalue weighted by Crippen LogP contribution is 1.98. The van der Waals surface area contributed by atoms with Crippen LogP contribution in [0.2, 0.25) is 0 Å². The molecule has 0 bridgehead atoms. The van der Waals surface area contributed by atoms with Crippen LogP contribution in [0, 0.1) is 5.92 Å². The van der Waals surface area contributed by atoms with E-state index in [9.17, 15) is 9.59 Å². The molecule has 1 amide bonds. The van der Waals surface area contributed by atoms with Crippen LogP contribution < -0.4 is 5.32 Å². The summed E-state index contributed by atoms with van der Waals surface area (Å²) < 4.78 is 22.2. The number of nitrogens with one attached hydrogen (secondary N) is 1. The lowest BCUT2D eigenvalue weighted by molar-refractivity contribution is -0.123. The molecule has 0 aromatic rings. The van der Waals surface area contributed by atoms with Gasteiger partial charge in [-0.1, -0.05) is 36.4 Å². The molecule has 0 radical (unpaired) electrons. The number of halogens is 1. The van der Waals surface area contributed by atoms with Crippen LogP contribution in [0.25, 0.3) is 0 Å². The molecule has 0 rings (SSSR count). The van der Waals surface area contributed by atoms with Crippen molar-refractivity contribution in [1.29, 1.82) is 0 Å². The molecule has 0 aromatic heterocycles. The third-order valence-electron chi connectivity index (χ3n) is 3.14. The first kappa shape index (κ1) is 24.7. The summed E-state index contributed by atoms with van der Waals surface area (Å²) in [6.45, 7) is 8.22. The molecule has 0 aliphatic carbocycles. The summed E-state index contributed by atoms with van der Waals surface area (Å²) in [5.74, 6) is 0.349. The summed E-state index contributed by atoms with van der Waals surface area (Å²) in [4.78, 5) is 22.5. The Morgan fingerprint density at radius 1 is 0.800 bits per heavy atom. The van der Waals surface area contributed by atoms with Crippen LogP contribution in [0.3, 0.4) is 0 Å². The molecule has 0 saturated carbocycles. The van der Waals surface area contributed by atoms with Crippen LogP contribution >= 0.6 is 22.6 Å². The number of carbonyl (C=O) groups is 2. The molecule has 0 aromatic carbocycles. The van der Waals surface area contributed by atoms with Crippen LogP contribution in [0.5, 0.6) is 0 Å². The Morgan fingerprint density at radius 2 is 1.28 bits per heavy atom. The Kier molecular flexibility index (Phi) is 18.3. The van der Waals surface area contributed by atoms with Gasteiger partial charge in [0.05, 0.1) is 52.9 Å². The third kappa shape index (κ3) is 18.3. The summed E-state index contributed by atoms with van der Waals surface area (Å²) >= 11 is 2.17. The second kappa shape index (κ2) is 18.5. The van der Waals surface area contributed by atoms with Gasteiger partial charge in [-0.15, -0.1) is 0 Å². The zero-order valence-electron chi connectivity index (χ0n) is 15.4. The van der Waals surface area contributed by atoms with E-state index in [0.29, 0.717) is 72.2 Å². The van der Waals surface area contributed by atoms with Crippen molar-refractivity contribution in [3.63, 3.8) is 0 Å². The van der Waals surface area contributed by atoms with Crippen LogP contribution in [-0.4, -0.2) is 75.5 Å². The zero-order valence-corrected chi connectivity index (χ0v) is 17.5. The zero-order chi connectivity index (χ0) is 18.8. The summed E-state index contributed by atoms with van der Waals surface area (Å²) in [6.07, 6.45) is 1.01. The van der Waals surface area contributed by atoms with E-state index in [1.165, 1.54) is 0 Å². The number of amides is 1. The Morgan fingerprint density at radius 3 is 1.76 bits per heavy atom. The van der Waals surface area contributed by atoms with Gasteiger partial charge in [-0.05, 0) is 0 Å². The summed E-state index contributed by atoms with van der Waals surface area (Å²) in [7, 11) is 0. The Labute approximate surface area is 164 Å². The van der Waals surface area contributed by atoms with E-state index in [1.807, 2.05) is 13.8 Å². The second-order valence-corrected chi connectivity index (χ2v) is 6.69. The van der Waals surface area contributed by atoms with E-state index in [1.54, 1.807) is 0 Å². The van der Waals surface area contributed by atoms with Crippen LogP contribution in [0.4, 0.5) is 0 Å². The SMILES string of the molecule is CC(C)C(=O)CCOCCOCCOCCOCCNC(=O)CCI. The van der Waals surface area contributed by atoms with Crippen molar-refractivity contribution >= 4 is 34.3 Å². The van der Waals surface area contributed by atoms with E-state index in [0.717, 1.165) is 4.43 Å². The number of alkyl halides is 1. The van der Waals surface area contributed by atoms with Gasteiger partial charge in [0.2, 0.25) is 5.91 Å². The van der Waals surface area contributed by atoms with Crippen molar-refractivity contribution in [1.82, 2.24) is 5.32 Å². The minimum Gasteiger partial charge on any atom is -0.379 e. The van der Waals surface area contributed by atoms with E-state index in [4.69, 9.17) is 18.9 Å². The number of ether oxygens (including phenoxy) is 4. The first-order chi connectivity index (χ1) is 12.1. The molecule has 8 heteroatoms. The van der Waals surface area contributed by atoms with Crippen molar-refractivity contribution in [2.75, 3.05) is 63.8 Å². The first-order valence-corrected chi connectivity index (χ1v) is 10.3. The molecule has 0 aliphatic rings. The first-order valence-electron chi connectivity index (χ1n) is 8.74. The molecule has 0 spiro atoms. The highest BCUT2D eigenvalue weighted by molar-refractivity contribution is 14.1. The largest absolute Gasteiger partial charge is 0.379 e. The van der Waals surface area contributed by atoms with Crippen LogP contribution in [0.1, 0.15) is 26.7 Å². The molecule has 0 saturated heterocycles. The highest BCUT2D eigenvalue weighted by Gasteiger charge is 2.06. The minimum absolute atomic E-state index is 0.0573.